The summed E-state index contributed by atoms with van der Waals surface area (Å²) in [6.07, 6.45) is -4.37. The van der Waals surface area contributed by atoms with Crippen LogP contribution in [0.1, 0.15) is 22.8 Å². The summed E-state index contributed by atoms with van der Waals surface area (Å²) in [5, 5.41) is 2.82. The van der Waals surface area contributed by atoms with Gasteiger partial charge in [0.25, 0.3) is 5.91 Å². The van der Waals surface area contributed by atoms with Gasteiger partial charge >= 0.3 is 6.18 Å². The highest BCUT2D eigenvalue weighted by Gasteiger charge is 2.32. The Morgan fingerprint density at radius 1 is 1.10 bits per heavy atom. The molecule has 0 aliphatic carbocycles. The Hall–Kier alpha value is -3.07. The minimum Gasteiger partial charge on any atom is -0.366 e. The van der Waals surface area contributed by atoms with E-state index in [0.717, 1.165) is 17.0 Å². The molecule has 2 aromatic rings. The highest BCUT2D eigenvalue weighted by Crippen LogP contribution is 2.31. The van der Waals surface area contributed by atoms with Gasteiger partial charge < -0.3 is 20.9 Å². The number of alkyl halides is 3. The number of piperazine rings is 1. The Bertz CT molecular complexity index is 907. The predicted molar refractivity (Wildman–Crippen MR) is 107 cm³/mol. The van der Waals surface area contributed by atoms with E-state index in [1.807, 2.05) is 11.8 Å². The normalized spacial score (nSPS) is 16.2. The topological polar surface area (TPSA) is 79.9 Å². The SMILES string of the molecule is C[C@@H](C(=O)Nc1ccc(C(N)=O)cc1)[NH+]1CCN(c2cccc(C(F)(F)F)c2)CC1. The van der Waals surface area contributed by atoms with Gasteiger partial charge in [0.2, 0.25) is 5.91 Å². The number of carbonyl (C=O) groups excluding carboxylic acids is 2. The van der Waals surface area contributed by atoms with E-state index in [-0.39, 0.29) is 11.9 Å². The van der Waals surface area contributed by atoms with Crippen LogP contribution in [0.25, 0.3) is 0 Å². The van der Waals surface area contributed by atoms with E-state index in [1.165, 1.54) is 6.07 Å². The number of carbonyl (C=O) groups is 2. The van der Waals surface area contributed by atoms with Gasteiger partial charge in [-0.25, -0.2) is 0 Å². The van der Waals surface area contributed by atoms with Gasteiger partial charge in [-0.2, -0.15) is 13.2 Å². The fourth-order valence-electron chi connectivity index (χ4n) is 3.52. The third-order valence-electron chi connectivity index (χ3n) is 5.39. The third-order valence-corrected chi connectivity index (χ3v) is 5.39. The molecule has 6 nitrogen and oxygen atoms in total. The van der Waals surface area contributed by atoms with Crippen molar-refractivity contribution < 1.29 is 27.7 Å². The lowest BCUT2D eigenvalue weighted by molar-refractivity contribution is -0.914. The average Bonchev–Trinajstić information content (AvgIpc) is 2.73. The van der Waals surface area contributed by atoms with Crippen LogP contribution in [0, 0.1) is 0 Å². The number of nitrogens with one attached hydrogen (secondary N) is 2. The first-order valence-electron chi connectivity index (χ1n) is 9.62. The molecule has 0 spiro atoms. The van der Waals surface area contributed by atoms with E-state index in [9.17, 15) is 22.8 Å². The number of primary amides is 1. The number of hydrogen-bond acceptors (Lipinski definition) is 3. The van der Waals surface area contributed by atoms with Gasteiger partial charge in [-0.3, -0.25) is 9.59 Å². The molecule has 0 radical (unpaired) electrons. The van der Waals surface area contributed by atoms with Gasteiger partial charge in [0.05, 0.1) is 31.7 Å². The molecule has 0 unspecified atom stereocenters. The van der Waals surface area contributed by atoms with E-state index >= 15 is 0 Å². The Morgan fingerprint density at radius 2 is 1.73 bits per heavy atom. The maximum absolute atomic E-state index is 12.9. The summed E-state index contributed by atoms with van der Waals surface area (Å²) < 4.78 is 38.8. The van der Waals surface area contributed by atoms with Gasteiger partial charge in [-0.1, -0.05) is 6.07 Å². The van der Waals surface area contributed by atoms with Crippen molar-refractivity contribution in [2.75, 3.05) is 36.4 Å². The molecule has 2 amide bonds. The van der Waals surface area contributed by atoms with Gasteiger partial charge in [-0.05, 0) is 49.4 Å². The van der Waals surface area contributed by atoms with Crippen molar-refractivity contribution in [1.82, 2.24) is 0 Å². The zero-order valence-electron chi connectivity index (χ0n) is 16.5. The molecule has 160 valence electrons. The number of hydrogen-bond donors (Lipinski definition) is 3. The smallest absolute Gasteiger partial charge is 0.366 e. The molecule has 0 aromatic heterocycles. The number of benzene rings is 2. The van der Waals surface area contributed by atoms with Crippen molar-refractivity contribution in [2.45, 2.75) is 19.1 Å². The van der Waals surface area contributed by atoms with Crippen molar-refractivity contribution in [3.63, 3.8) is 0 Å². The average molecular weight is 421 g/mol. The van der Waals surface area contributed by atoms with Gasteiger partial charge in [0.15, 0.2) is 6.04 Å². The molecule has 0 bridgehead atoms. The number of rotatable bonds is 5. The standard InChI is InChI=1S/C21H23F3N4O2/c1-14(20(30)26-17-7-5-15(6-8-17)19(25)29)27-9-11-28(12-10-27)18-4-2-3-16(13-18)21(22,23)24/h2-8,13-14H,9-12H2,1H3,(H2,25,29)(H,26,30)/p+1/t14-/m0/s1. The van der Waals surface area contributed by atoms with Crippen molar-refractivity contribution in [3.8, 4) is 0 Å². The summed E-state index contributed by atoms with van der Waals surface area (Å²) in [5.41, 5.74) is 6.01. The molecular weight excluding hydrogens is 397 g/mol. The molecule has 3 rings (SSSR count). The zero-order chi connectivity index (χ0) is 21.9. The molecule has 1 aliphatic heterocycles. The molecular formula is C21H24F3N4O2+. The van der Waals surface area contributed by atoms with Crippen molar-refractivity contribution in [3.05, 3.63) is 59.7 Å². The third kappa shape index (κ3) is 5.10. The second-order valence-corrected chi connectivity index (χ2v) is 7.35. The molecule has 1 saturated heterocycles. The van der Waals surface area contributed by atoms with E-state index in [2.05, 4.69) is 5.32 Å². The Balaban J connectivity index is 1.56. The summed E-state index contributed by atoms with van der Waals surface area (Å²) in [7, 11) is 0. The van der Waals surface area contributed by atoms with Crippen LogP contribution >= 0.6 is 0 Å². The first-order valence-corrected chi connectivity index (χ1v) is 9.62. The molecule has 1 heterocycles. The van der Waals surface area contributed by atoms with E-state index in [1.54, 1.807) is 30.3 Å². The van der Waals surface area contributed by atoms with Gasteiger partial charge in [0.1, 0.15) is 0 Å². The highest BCUT2D eigenvalue weighted by molar-refractivity contribution is 5.95. The molecule has 0 saturated carbocycles. The summed E-state index contributed by atoms with van der Waals surface area (Å²) in [4.78, 5) is 26.7. The van der Waals surface area contributed by atoms with Crippen LogP contribution in [0.2, 0.25) is 0 Å². The summed E-state index contributed by atoms with van der Waals surface area (Å²) in [5.74, 6) is -0.700. The van der Waals surface area contributed by atoms with Crippen LogP contribution in [0.5, 0.6) is 0 Å². The van der Waals surface area contributed by atoms with Crippen LogP contribution in [-0.2, 0) is 11.0 Å². The molecule has 1 atom stereocenters. The summed E-state index contributed by atoms with van der Waals surface area (Å²) in [6.45, 7) is 4.20. The second-order valence-electron chi connectivity index (χ2n) is 7.35. The van der Waals surface area contributed by atoms with Crippen LogP contribution in [-0.4, -0.2) is 44.0 Å². The lowest BCUT2D eigenvalue weighted by atomic mass is 10.1. The maximum Gasteiger partial charge on any atom is 0.416 e. The first-order chi connectivity index (χ1) is 14.1. The number of halogens is 3. The number of amides is 2. The second kappa shape index (κ2) is 8.74. The van der Waals surface area contributed by atoms with E-state index < -0.39 is 17.6 Å². The van der Waals surface area contributed by atoms with Crippen molar-refractivity contribution in [1.29, 1.82) is 0 Å². The Labute approximate surface area is 172 Å². The van der Waals surface area contributed by atoms with E-state index in [0.29, 0.717) is 43.1 Å². The predicted octanol–water partition coefficient (Wildman–Crippen LogP) is 1.54. The quantitative estimate of drug-likeness (QED) is 0.685. The van der Waals surface area contributed by atoms with Gasteiger partial charge in [0, 0.05) is 16.9 Å². The van der Waals surface area contributed by atoms with Crippen LogP contribution in [0.3, 0.4) is 0 Å². The number of quaternary nitrogens is 1. The lowest BCUT2D eigenvalue weighted by Crippen LogP contribution is -3.19. The Morgan fingerprint density at radius 3 is 2.30 bits per heavy atom. The van der Waals surface area contributed by atoms with Gasteiger partial charge in [-0.15, -0.1) is 0 Å². The lowest BCUT2D eigenvalue weighted by Gasteiger charge is -2.36. The largest absolute Gasteiger partial charge is 0.416 e. The highest BCUT2D eigenvalue weighted by atomic mass is 19.4. The van der Waals surface area contributed by atoms with Crippen molar-refractivity contribution >= 4 is 23.2 Å². The molecule has 2 aromatic carbocycles. The summed E-state index contributed by atoms with van der Waals surface area (Å²) in [6, 6.07) is 11.3. The number of nitrogens with zero attached hydrogens (tertiary/aromatic N) is 1. The van der Waals surface area contributed by atoms with Crippen molar-refractivity contribution in [2.24, 2.45) is 5.73 Å². The molecule has 1 fully saturated rings. The first kappa shape index (κ1) is 21.6. The molecule has 1 aliphatic rings. The van der Waals surface area contributed by atoms with Crippen LogP contribution < -0.4 is 20.9 Å². The van der Waals surface area contributed by atoms with Crippen LogP contribution in [0.4, 0.5) is 24.5 Å². The summed E-state index contributed by atoms with van der Waals surface area (Å²) >= 11 is 0. The molecule has 9 heteroatoms. The van der Waals surface area contributed by atoms with E-state index in [4.69, 9.17) is 5.73 Å². The number of anilines is 2. The maximum atomic E-state index is 12.9. The molecule has 30 heavy (non-hydrogen) atoms. The minimum atomic E-state index is -4.37. The monoisotopic (exact) mass is 421 g/mol. The zero-order valence-corrected chi connectivity index (χ0v) is 16.5. The minimum absolute atomic E-state index is 0.163. The number of nitrogens with two attached hydrogens (primary N) is 1. The fraction of sp³-hybridized carbons (Fsp3) is 0.333. The fourth-order valence-corrected chi connectivity index (χ4v) is 3.52. The Kier molecular flexibility index (Phi) is 6.31. The molecule has 4 N–H and O–H groups in total. The van der Waals surface area contributed by atoms with Crippen LogP contribution in [0.15, 0.2) is 48.5 Å².